The summed E-state index contributed by atoms with van der Waals surface area (Å²) in [5, 5.41) is 0. The topological polar surface area (TPSA) is 43.3 Å². The molecule has 16 heavy (non-hydrogen) atoms. The van der Waals surface area contributed by atoms with E-state index in [4.69, 9.17) is 5.73 Å². The van der Waals surface area contributed by atoms with Crippen LogP contribution in [0.4, 0.5) is 8.78 Å². The highest BCUT2D eigenvalue weighted by molar-refractivity contribution is 5.42. The van der Waals surface area contributed by atoms with Gasteiger partial charge >= 0.3 is 0 Å². The average molecular weight is 223 g/mol. The van der Waals surface area contributed by atoms with Crippen molar-refractivity contribution >= 4 is 5.65 Å². The van der Waals surface area contributed by atoms with Crippen molar-refractivity contribution in [2.24, 2.45) is 5.73 Å². The molecule has 2 aromatic rings. The Morgan fingerprint density at radius 2 is 2.06 bits per heavy atom. The lowest BCUT2D eigenvalue weighted by Crippen LogP contribution is -2.56. The fourth-order valence-corrected chi connectivity index (χ4v) is 2.35. The highest BCUT2D eigenvalue weighted by Gasteiger charge is 2.56. The summed E-state index contributed by atoms with van der Waals surface area (Å²) in [5.74, 6) is -2.63. The number of halogens is 2. The fraction of sp³-hybridized carbons (Fsp3) is 0.364. The number of aromatic nitrogens is 2. The molecule has 3 rings (SSSR count). The molecular weight excluding hydrogens is 212 g/mol. The first-order valence-electron chi connectivity index (χ1n) is 5.10. The number of hydrogen-bond acceptors (Lipinski definition) is 2. The zero-order valence-corrected chi connectivity index (χ0v) is 8.53. The van der Waals surface area contributed by atoms with Crippen LogP contribution in [0.2, 0.25) is 0 Å². The van der Waals surface area contributed by atoms with Crippen LogP contribution in [0, 0.1) is 0 Å². The van der Waals surface area contributed by atoms with Crippen molar-refractivity contribution in [1.29, 1.82) is 0 Å². The van der Waals surface area contributed by atoms with Gasteiger partial charge in [0, 0.05) is 19.0 Å². The normalized spacial score (nSPS) is 21.9. The zero-order chi connectivity index (χ0) is 11.4. The highest BCUT2D eigenvalue weighted by atomic mass is 19.3. The lowest BCUT2D eigenvalue weighted by atomic mass is 9.72. The molecular formula is C11H11F2N3. The molecule has 2 heterocycles. The van der Waals surface area contributed by atoms with Gasteiger partial charge in [0.25, 0.3) is 5.92 Å². The number of imidazole rings is 1. The maximum atomic E-state index is 12.9. The third-order valence-corrected chi connectivity index (χ3v) is 3.08. The molecule has 84 valence electrons. The van der Waals surface area contributed by atoms with Gasteiger partial charge in [-0.2, -0.15) is 0 Å². The molecule has 0 spiro atoms. The third kappa shape index (κ3) is 1.24. The molecule has 1 saturated carbocycles. The van der Waals surface area contributed by atoms with Crippen LogP contribution in [0.1, 0.15) is 18.5 Å². The van der Waals surface area contributed by atoms with E-state index in [0.29, 0.717) is 5.69 Å². The van der Waals surface area contributed by atoms with Gasteiger partial charge in [-0.15, -0.1) is 0 Å². The number of fused-ring (bicyclic) bond motifs is 1. The quantitative estimate of drug-likeness (QED) is 0.802. The molecule has 0 radical (unpaired) electrons. The first-order chi connectivity index (χ1) is 7.50. The van der Waals surface area contributed by atoms with Gasteiger partial charge in [-0.05, 0) is 12.1 Å². The van der Waals surface area contributed by atoms with Crippen LogP contribution >= 0.6 is 0 Å². The van der Waals surface area contributed by atoms with E-state index in [1.54, 1.807) is 16.8 Å². The molecule has 0 amide bonds. The monoisotopic (exact) mass is 223 g/mol. The molecule has 3 nitrogen and oxygen atoms in total. The molecule has 1 aliphatic carbocycles. The second kappa shape index (κ2) is 2.79. The molecule has 1 aliphatic rings. The Labute approximate surface area is 90.9 Å². The number of nitrogens with zero attached hydrogens (tertiary/aromatic N) is 2. The number of alkyl halides is 2. The minimum atomic E-state index is -2.63. The van der Waals surface area contributed by atoms with Gasteiger partial charge < -0.3 is 10.1 Å². The zero-order valence-electron chi connectivity index (χ0n) is 8.53. The van der Waals surface area contributed by atoms with Crippen LogP contribution in [-0.4, -0.2) is 15.3 Å². The second-order valence-corrected chi connectivity index (χ2v) is 4.44. The van der Waals surface area contributed by atoms with Crippen LogP contribution in [-0.2, 0) is 5.54 Å². The number of nitrogens with two attached hydrogens (primary N) is 1. The molecule has 5 heteroatoms. The van der Waals surface area contributed by atoms with Crippen molar-refractivity contribution < 1.29 is 8.78 Å². The molecule has 0 aromatic carbocycles. The Kier molecular flexibility index (Phi) is 1.70. The minimum absolute atomic E-state index is 0.303. The smallest absolute Gasteiger partial charge is 0.252 e. The highest BCUT2D eigenvalue weighted by Crippen LogP contribution is 2.49. The van der Waals surface area contributed by atoms with Crippen molar-refractivity contribution in [1.82, 2.24) is 9.38 Å². The first-order valence-corrected chi connectivity index (χ1v) is 5.10. The van der Waals surface area contributed by atoms with Gasteiger partial charge in [-0.3, -0.25) is 0 Å². The summed E-state index contributed by atoms with van der Waals surface area (Å²) >= 11 is 0. The largest absolute Gasteiger partial charge is 0.320 e. The van der Waals surface area contributed by atoms with Crippen LogP contribution < -0.4 is 5.73 Å². The molecule has 1 fully saturated rings. The van der Waals surface area contributed by atoms with Crippen LogP contribution in [0.5, 0.6) is 0 Å². The maximum Gasteiger partial charge on any atom is 0.252 e. The summed E-state index contributed by atoms with van der Waals surface area (Å²) in [7, 11) is 0. The van der Waals surface area contributed by atoms with Gasteiger partial charge in [-0.25, -0.2) is 13.8 Å². The maximum absolute atomic E-state index is 12.9. The van der Waals surface area contributed by atoms with Crippen LogP contribution in [0.15, 0.2) is 30.6 Å². The molecule has 0 atom stereocenters. The van der Waals surface area contributed by atoms with Crippen LogP contribution in [0.3, 0.4) is 0 Å². The van der Waals surface area contributed by atoms with Gasteiger partial charge in [0.2, 0.25) is 0 Å². The lowest BCUT2D eigenvalue weighted by molar-refractivity contribution is -0.126. The Balaban J connectivity index is 2.08. The summed E-state index contributed by atoms with van der Waals surface area (Å²) in [5.41, 5.74) is 6.42. The van der Waals surface area contributed by atoms with Crippen molar-refractivity contribution in [3.63, 3.8) is 0 Å². The van der Waals surface area contributed by atoms with Crippen molar-refractivity contribution in [3.8, 4) is 0 Å². The van der Waals surface area contributed by atoms with E-state index in [-0.39, 0.29) is 12.8 Å². The van der Waals surface area contributed by atoms with Crippen molar-refractivity contribution in [2.75, 3.05) is 0 Å². The predicted octanol–water partition coefficient (Wildman–Crippen LogP) is 1.92. The van der Waals surface area contributed by atoms with Gasteiger partial charge in [0.15, 0.2) is 0 Å². The molecule has 0 saturated heterocycles. The molecule has 2 aromatic heterocycles. The van der Waals surface area contributed by atoms with Gasteiger partial charge in [-0.1, -0.05) is 6.07 Å². The minimum Gasteiger partial charge on any atom is -0.320 e. The van der Waals surface area contributed by atoms with Crippen molar-refractivity contribution in [3.05, 3.63) is 36.3 Å². The number of hydrogen-bond donors (Lipinski definition) is 1. The summed E-state index contributed by atoms with van der Waals surface area (Å²) in [6.45, 7) is 0. The van der Waals surface area contributed by atoms with Crippen molar-refractivity contribution in [2.45, 2.75) is 24.3 Å². The van der Waals surface area contributed by atoms with E-state index in [0.717, 1.165) is 5.65 Å². The first kappa shape index (κ1) is 9.72. The van der Waals surface area contributed by atoms with Gasteiger partial charge in [0.05, 0.1) is 17.4 Å². The molecule has 0 unspecified atom stereocenters. The molecule has 0 bridgehead atoms. The predicted molar refractivity (Wildman–Crippen MR) is 55.2 cm³/mol. The second-order valence-electron chi connectivity index (χ2n) is 4.44. The Morgan fingerprint density at radius 3 is 2.75 bits per heavy atom. The summed E-state index contributed by atoms with van der Waals surface area (Å²) < 4.78 is 27.6. The standard InChI is InChI=1S/C11H11F2N3/c12-11(13)6-10(14,7-11)8-5-15-9-3-1-2-4-16(8)9/h1-5H,6-7,14H2. The Morgan fingerprint density at radius 1 is 1.31 bits per heavy atom. The van der Waals surface area contributed by atoms with Crippen LogP contribution in [0.25, 0.3) is 5.65 Å². The number of rotatable bonds is 1. The van der Waals surface area contributed by atoms with E-state index in [1.165, 1.54) is 0 Å². The third-order valence-electron chi connectivity index (χ3n) is 3.08. The molecule has 2 N–H and O–H groups in total. The van der Waals surface area contributed by atoms with Gasteiger partial charge in [0.1, 0.15) is 5.65 Å². The average Bonchev–Trinajstić information content (AvgIpc) is 2.58. The fourth-order valence-electron chi connectivity index (χ4n) is 2.35. The van der Waals surface area contributed by atoms with E-state index in [2.05, 4.69) is 4.98 Å². The summed E-state index contributed by atoms with van der Waals surface area (Å²) in [4.78, 5) is 4.15. The lowest BCUT2D eigenvalue weighted by Gasteiger charge is -2.44. The Hall–Kier alpha value is -1.49. The summed E-state index contributed by atoms with van der Waals surface area (Å²) in [6.07, 6.45) is 2.78. The Bertz CT molecular complexity index is 539. The van der Waals surface area contributed by atoms with E-state index in [1.807, 2.05) is 18.2 Å². The van der Waals surface area contributed by atoms with E-state index < -0.39 is 11.5 Å². The summed E-state index contributed by atoms with van der Waals surface area (Å²) in [6, 6.07) is 5.51. The van der Waals surface area contributed by atoms with E-state index >= 15 is 0 Å². The SMILES string of the molecule is NC1(c2cnc3ccccn23)CC(F)(F)C1. The van der Waals surface area contributed by atoms with E-state index in [9.17, 15) is 8.78 Å². The molecule has 0 aliphatic heterocycles. The number of pyridine rings is 1.